The molecule has 486 valence electrons. The average Bonchev–Trinajstić information content (AvgIpc) is 1.60. The molecule has 10 aromatic rings. The quantitative estimate of drug-likeness (QED) is 0.134. The Hall–Kier alpha value is -8.84. The van der Waals surface area contributed by atoms with Gasteiger partial charge in [-0.3, -0.25) is 0 Å². The Kier molecular flexibility index (Phi) is 16.8. The van der Waals surface area contributed by atoms with Crippen molar-refractivity contribution < 1.29 is 9.22 Å². The van der Waals surface area contributed by atoms with Crippen LogP contribution in [-0.2, 0) is 32.5 Å². The first-order chi connectivity index (χ1) is 44.5. The SMILES string of the molecule is CC(C)(C)c1ccc(C2=C(c3ccc(C(C)(C)C)cc3)c3cc4[nH]c(cc5nc(cc6[nH]c(cc2n3)c(-c2ccc(C(C)(C)C)cc2)c6-c2ccc(C(C)(C)C)cc2)C(c2ccc(C(C)(C)C)cc2)=C5c2ccc(C(C)(C)C)cc2)c2cc(OCC[N+](C)(C)C)ccc42)cc1. The maximum Gasteiger partial charge on any atom is 0.137 e. The number of rotatable bonds is 10. The summed E-state index contributed by atoms with van der Waals surface area (Å²) in [6.45, 7) is 42.6. The number of quaternary nitrogens is 1. The molecule has 0 fully saturated rings. The van der Waals surface area contributed by atoms with Crippen molar-refractivity contribution in [2.75, 3.05) is 34.3 Å². The summed E-state index contributed by atoms with van der Waals surface area (Å²) in [6.07, 6.45) is 0. The summed E-state index contributed by atoms with van der Waals surface area (Å²) < 4.78 is 7.48. The van der Waals surface area contributed by atoms with E-state index in [0.29, 0.717) is 6.61 Å². The fourth-order valence-corrected chi connectivity index (χ4v) is 13.3. The smallest absolute Gasteiger partial charge is 0.137 e. The first kappa shape index (κ1) is 66.2. The minimum Gasteiger partial charge on any atom is -0.488 e. The number of hydrogen-bond acceptors (Lipinski definition) is 3. The van der Waals surface area contributed by atoms with E-state index in [2.05, 4.69) is 344 Å². The highest BCUT2D eigenvalue weighted by Crippen LogP contribution is 2.48. The lowest BCUT2D eigenvalue weighted by molar-refractivity contribution is -0.870. The van der Waals surface area contributed by atoms with Crippen LogP contribution in [0.25, 0.3) is 77.4 Å². The van der Waals surface area contributed by atoms with Crippen molar-refractivity contribution in [3.8, 4) is 28.0 Å². The molecule has 5 heterocycles. The van der Waals surface area contributed by atoms with Crippen molar-refractivity contribution >= 4 is 55.1 Å². The minimum atomic E-state index is -0.0549. The number of aromatic nitrogens is 4. The Balaban J connectivity index is 1.30. The van der Waals surface area contributed by atoms with E-state index in [-0.39, 0.29) is 32.5 Å². The first-order valence-electron chi connectivity index (χ1n) is 34.3. The molecule has 0 amide bonds. The van der Waals surface area contributed by atoms with E-state index < -0.39 is 0 Å². The molecular weight excluding hydrogens is 1160 g/mol. The summed E-state index contributed by atoms with van der Waals surface area (Å²) in [5.74, 6) is 0.817. The zero-order chi connectivity index (χ0) is 68.1. The van der Waals surface area contributed by atoms with E-state index >= 15 is 0 Å². The second-order valence-corrected chi connectivity index (χ2v) is 34.0. The van der Waals surface area contributed by atoms with Gasteiger partial charge in [0, 0.05) is 66.3 Å². The number of ether oxygens (including phenoxy) is 1. The Morgan fingerprint density at radius 1 is 0.295 bits per heavy atom. The van der Waals surface area contributed by atoms with Gasteiger partial charge >= 0.3 is 0 Å². The van der Waals surface area contributed by atoms with Gasteiger partial charge < -0.3 is 19.2 Å². The summed E-state index contributed by atoms with van der Waals surface area (Å²) in [5, 5.41) is 2.09. The highest BCUT2D eigenvalue weighted by molar-refractivity contribution is 6.13. The maximum atomic E-state index is 6.68. The van der Waals surface area contributed by atoms with Gasteiger partial charge in [-0.2, -0.15) is 0 Å². The predicted octanol–water partition coefficient (Wildman–Crippen LogP) is 22.7. The molecule has 12 rings (SSSR count). The van der Waals surface area contributed by atoms with E-state index in [0.717, 1.165) is 139 Å². The van der Waals surface area contributed by atoms with Crippen LogP contribution in [0.4, 0.5) is 0 Å². The van der Waals surface area contributed by atoms with Crippen molar-refractivity contribution in [1.29, 1.82) is 0 Å². The van der Waals surface area contributed by atoms with Gasteiger partial charge in [-0.25, -0.2) is 9.97 Å². The molecule has 3 aromatic heterocycles. The monoisotopic (exact) mass is 1250 g/mol. The summed E-state index contributed by atoms with van der Waals surface area (Å²) in [5.41, 5.74) is 27.5. The molecule has 0 spiro atoms. The van der Waals surface area contributed by atoms with Crippen LogP contribution < -0.4 is 4.74 Å². The molecule has 0 saturated carbocycles. The van der Waals surface area contributed by atoms with Gasteiger partial charge in [0.05, 0.1) is 43.9 Å². The van der Waals surface area contributed by atoms with Crippen LogP contribution in [-0.4, -0.2) is 58.7 Å². The van der Waals surface area contributed by atoms with Crippen molar-refractivity contribution in [2.24, 2.45) is 0 Å². The fraction of sp³-hybridized carbons (Fsp3) is 0.326. The van der Waals surface area contributed by atoms with Crippen LogP contribution in [0, 0.1) is 0 Å². The highest BCUT2D eigenvalue weighted by atomic mass is 16.5. The normalized spacial score (nSPS) is 13.7. The zero-order valence-electron chi connectivity index (χ0n) is 60.6. The minimum absolute atomic E-state index is 0.0459. The summed E-state index contributed by atoms with van der Waals surface area (Å²) >= 11 is 0. The molecule has 0 atom stereocenters. The molecule has 7 aromatic carbocycles. The van der Waals surface area contributed by atoms with Crippen LogP contribution in [0.5, 0.6) is 5.75 Å². The number of nitrogens with zero attached hydrogens (tertiary/aromatic N) is 3. The number of hydrogen-bond donors (Lipinski definition) is 2. The molecule has 2 aliphatic rings. The molecule has 6 heteroatoms. The van der Waals surface area contributed by atoms with Gasteiger partial charge in [0.1, 0.15) is 18.9 Å². The van der Waals surface area contributed by atoms with E-state index in [1.807, 2.05) is 0 Å². The van der Waals surface area contributed by atoms with E-state index in [1.165, 1.54) is 33.4 Å². The third kappa shape index (κ3) is 13.7. The standard InChI is InChI=1S/C89H100N5O/c1-84(2,3)61-34-22-55(23-35-61)78-72-51-70-68-47-46-67(95-49-48-94(19,20)21)50-69(68)71(90-70)52-73-79(56-24-36-62(37-25-56)85(4,5)6)81(58-28-40-64(41-29-58)87(10,11)12)75(92-73)54-77-83(60-32-44-66(45-33-60)89(16,17)18)82(59-30-42-65(43-31-59)88(13,14)15)76(93-77)53-74(91-72)80(78)57-26-38-63(39-27-57)86(7,8)9/h22-47,50-54,90,93H,48-49H2,1-21H3/q+1. The van der Waals surface area contributed by atoms with E-state index in [9.17, 15) is 0 Å². The summed E-state index contributed by atoms with van der Waals surface area (Å²) in [7, 11) is 6.62. The highest BCUT2D eigenvalue weighted by Gasteiger charge is 2.30. The number of nitrogens with one attached hydrogen (secondary N) is 2. The number of H-pyrrole nitrogens is 2. The van der Waals surface area contributed by atoms with Gasteiger partial charge in [0.25, 0.3) is 0 Å². The van der Waals surface area contributed by atoms with Crippen LogP contribution >= 0.6 is 0 Å². The Morgan fingerprint density at radius 2 is 0.547 bits per heavy atom. The molecule has 0 radical (unpaired) electrons. The lowest BCUT2D eigenvalue weighted by Crippen LogP contribution is -2.38. The Labute approximate surface area is 566 Å². The molecule has 95 heavy (non-hydrogen) atoms. The molecule has 0 unspecified atom stereocenters. The third-order valence-corrected chi connectivity index (χ3v) is 19.3. The number of fused-ring (bicyclic) bond motifs is 11. The second-order valence-electron chi connectivity index (χ2n) is 34.0. The van der Waals surface area contributed by atoms with Crippen molar-refractivity contribution in [1.82, 2.24) is 19.9 Å². The van der Waals surface area contributed by atoms with Crippen molar-refractivity contribution in [3.05, 3.63) is 266 Å². The Bertz CT molecular complexity index is 4780. The van der Waals surface area contributed by atoms with Crippen LogP contribution in [0.3, 0.4) is 0 Å². The van der Waals surface area contributed by atoms with Gasteiger partial charge in [-0.1, -0.05) is 270 Å². The van der Waals surface area contributed by atoms with Crippen LogP contribution in [0.15, 0.2) is 188 Å². The molecule has 0 aliphatic carbocycles. The van der Waals surface area contributed by atoms with Crippen molar-refractivity contribution in [2.45, 2.75) is 157 Å². The van der Waals surface area contributed by atoms with E-state index in [4.69, 9.17) is 14.7 Å². The maximum absolute atomic E-state index is 6.68. The Morgan fingerprint density at radius 3 is 0.821 bits per heavy atom. The number of likely N-dealkylation sites (N-methyl/N-ethyl adjacent to an activating group) is 1. The van der Waals surface area contributed by atoms with Crippen LogP contribution in [0.1, 0.15) is 203 Å². The van der Waals surface area contributed by atoms with Gasteiger partial charge in [0.15, 0.2) is 0 Å². The van der Waals surface area contributed by atoms with Gasteiger partial charge in [-0.05, 0) is 142 Å². The topological polar surface area (TPSA) is 66.6 Å². The summed E-state index contributed by atoms with van der Waals surface area (Å²) in [4.78, 5) is 20.2. The molecular formula is C89H100N5O+. The summed E-state index contributed by atoms with van der Waals surface area (Å²) in [6, 6.07) is 71.4. The number of benzene rings is 7. The average molecular weight is 1260 g/mol. The van der Waals surface area contributed by atoms with Gasteiger partial charge in [-0.15, -0.1) is 0 Å². The third-order valence-electron chi connectivity index (χ3n) is 19.3. The van der Waals surface area contributed by atoms with Gasteiger partial charge in [0.2, 0.25) is 0 Å². The number of aromatic amines is 2. The predicted molar refractivity (Wildman–Crippen MR) is 406 cm³/mol. The molecule has 8 bridgehead atoms. The molecule has 6 nitrogen and oxygen atoms in total. The molecule has 2 aliphatic heterocycles. The van der Waals surface area contributed by atoms with Crippen LogP contribution in [0.2, 0.25) is 0 Å². The zero-order valence-corrected chi connectivity index (χ0v) is 60.6. The van der Waals surface area contributed by atoms with E-state index in [1.54, 1.807) is 0 Å². The molecule has 2 N–H and O–H groups in total. The first-order valence-corrected chi connectivity index (χ1v) is 34.3. The molecule has 0 saturated heterocycles. The lowest BCUT2D eigenvalue weighted by atomic mass is 9.84. The lowest BCUT2D eigenvalue weighted by Gasteiger charge is -2.23. The van der Waals surface area contributed by atoms with Crippen molar-refractivity contribution in [3.63, 3.8) is 0 Å². The largest absolute Gasteiger partial charge is 0.488 e. The fourth-order valence-electron chi connectivity index (χ4n) is 13.3. The second kappa shape index (κ2) is 24.1.